The van der Waals surface area contributed by atoms with Gasteiger partial charge in [0, 0.05) is 38.9 Å². The quantitative estimate of drug-likeness (QED) is 0.792. The number of aryl methyl sites for hydroxylation is 1. The Morgan fingerprint density at radius 2 is 1.88 bits per heavy atom. The lowest BCUT2D eigenvalue weighted by molar-refractivity contribution is -0.139. The minimum atomic E-state index is -0.179. The average molecular weight is 343 g/mol. The maximum atomic E-state index is 13.0. The van der Waals surface area contributed by atoms with Crippen LogP contribution in [0.1, 0.15) is 44.9 Å². The Kier molecular flexibility index (Phi) is 4.44. The van der Waals surface area contributed by atoms with Crippen LogP contribution in [0.3, 0.4) is 0 Å². The number of hydrogen-bond acceptors (Lipinski definition) is 3. The smallest absolute Gasteiger partial charge is 0.250 e. The highest BCUT2D eigenvalue weighted by molar-refractivity contribution is 6.04. The number of pyridine rings is 1. The molecule has 5 nitrogen and oxygen atoms in total. The van der Waals surface area contributed by atoms with E-state index in [1.807, 2.05) is 4.90 Å². The van der Waals surface area contributed by atoms with Crippen LogP contribution < -0.4 is 10.5 Å². The first kappa shape index (κ1) is 16.8. The third kappa shape index (κ3) is 3.14. The van der Waals surface area contributed by atoms with Gasteiger partial charge < -0.3 is 14.4 Å². The highest BCUT2D eigenvalue weighted by Gasteiger charge is 2.54. The van der Waals surface area contributed by atoms with Crippen LogP contribution in [-0.4, -0.2) is 41.6 Å². The van der Waals surface area contributed by atoms with E-state index < -0.39 is 0 Å². The molecule has 1 atom stereocenters. The van der Waals surface area contributed by atoms with Crippen LogP contribution in [0.15, 0.2) is 23.1 Å². The first-order valence-electron chi connectivity index (χ1n) is 9.78. The van der Waals surface area contributed by atoms with Crippen LogP contribution in [0.2, 0.25) is 0 Å². The molecule has 5 heteroatoms. The molecule has 3 heterocycles. The predicted molar refractivity (Wildman–Crippen MR) is 98.7 cm³/mol. The summed E-state index contributed by atoms with van der Waals surface area (Å²) in [6, 6.07) is 3.32. The van der Waals surface area contributed by atoms with E-state index in [1.54, 1.807) is 29.9 Å². The van der Waals surface area contributed by atoms with Gasteiger partial charge in [0.05, 0.1) is 11.1 Å². The lowest BCUT2D eigenvalue weighted by atomic mass is 9.72. The Bertz CT molecular complexity index is 707. The summed E-state index contributed by atoms with van der Waals surface area (Å²) in [5.74, 6) is 1.08. The van der Waals surface area contributed by atoms with Crippen LogP contribution in [0.25, 0.3) is 0 Å². The third-order valence-electron chi connectivity index (χ3n) is 6.44. The van der Waals surface area contributed by atoms with Gasteiger partial charge in [-0.25, -0.2) is 0 Å². The molecular formula is C20H29N3O2. The zero-order valence-electron chi connectivity index (χ0n) is 15.2. The summed E-state index contributed by atoms with van der Waals surface area (Å²) in [6.45, 7) is 4.04. The lowest BCUT2D eigenvalue weighted by Crippen LogP contribution is -2.67. The van der Waals surface area contributed by atoms with Crippen molar-refractivity contribution in [3.8, 4) is 0 Å². The van der Waals surface area contributed by atoms with Crippen molar-refractivity contribution >= 4 is 11.6 Å². The van der Waals surface area contributed by atoms with Gasteiger partial charge in [-0.2, -0.15) is 0 Å². The molecule has 3 aliphatic rings. The maximum Gasteiger partial charge on any atom is 0.250 e. The van der Waals surface area contributed by atoms with E-state index in [1.165, 1.54) is 38.6 Å². The van der Waals surface area contributed by atoms with Crippen LogP contribution in [0.5, 0.6) is 0 Å². The molecule has 1 saturated carbocycles. The largest absolute Gasteiger partial charge is 0.317 e. The number of nitrogens with zero attached hydrogens (tertiary/aromatic N) is 3. The van der Waals surface area contributed by atoms with Crippen molar-refractivity contribution in [1.82, 2.24) is 9.47 Å². The summed E-state index contributed by atoms with van der Waals surface area (Å²) in [6.07, 6.45) is 10.8. The molecule has 25 heavy (non-hydrogen) atoms. The fourth-order valence-electron chi connectivity index (χ4n) is 5.01. The van der Waals surface area contributed by atoms with Crippen molar-refractivity contribution in [2.24, 2.45) is 18.4 Å². The molecule has 2 saturated heterocycles. The van der Waals surface area contributed by atoms with E-state index in [9.17, 15) is 9.59 Å². The maximum absolute atomic E-state index is 13.0. The molecule has 4 rings (SSSR count). The molecule has 1 spiro atoms. The van der Waals surface area contributed by atoms with Crippen molar-refractivity contribution in [1.29, 1.82) is 0 Å². The SMILES string of the molecule is Cn1cc(N2CC3(CCCN(CC4CCCCC4)C3)C2=O)ccc1=O. The van der Waals surface area contributed by atoms with Gasteiger partial charge in [-0.3, -0.25) is 9.59 Å². The Hall–Kier alpha value is -1.62. The van der Waals surface area contributed by atoms with Crippen molar-refractivity contribution < 1.29 is 4.79 Å². The Morgan fingerprint density at radius 3 is 2.60 bits per heavy atom. The number of likely N-dealkylation sites (tertiary alicyclic amines) is 1. The fourth-order valence-corrected chi connectivity index (χ4v) is 5.01. The second-order valence-electron chi connectivity index (χ2n) is 8.35. The molecule has 3 fully saturated rings. The zero-order chi connectivity index (χ0) is 17.4. The van der Waals surface area contributed by atoms with Gasteiger partial charge in [-0.15, -0.1) is 0 Å². The van der Waals surface area contributed by atoms with Crippen LogP contribution >= 0.6 is 0 Å². The van der Waals surface area contributed by atoms with E-state index in [4.69, 9.17) is 0 Å². The summed E-state index contributed by atoms with van der Waals surface area (Å²) >= 11 is 0. The van der Waals surface area contributed by atoms with Gasteiger partial charge in [0.2, 0.25) is 11.5 Å². The van der Waals surface area contributed by atoms with Crippen molar-refractivity contribution in [3.63, 3.8) is 0 Å². The normalized spacial score (nSPS) is 28.4. The molecule has 1 aliphatic carbocycles. The Balaban J connectivity index is 1.41. The molecule has 0 bridgehead atoms. The molecule has 1 aromatic rings. The number of anilines is 1. The van der Waals surface area contributed by atoms with Gasteiger partial charge in [0.1, 0.15) is 0 Å². The predicted octanol–water partition coefficient (Wildman–Crippen LogP) is 2.39. The molecule has 136 valence electrons. The molecule has 0 N–H and O–H groups in total. The standard InChI is InChI=1S/C20H29N3O2/c1-21-13-17(8-9-18(21)24)23-15-20(19(23)25)10-5-11-22(14-20)12-16-6-3-2-4-7-16/h8-9,13,16H,2-7,10-12,14-15H2,1H3. The summed E-state index contributed by atoms with van der Waals surface area (Å²) < 4.78 is 1.55. The first-order chi connectivity index (χ1) is 12.1. The van der Waals surface area contributed by atoms with Crippen molar-refractivity contribution in [3.05, 3.63) is 28.7 Å². The summed E-state index contributed by atoms with van der Waals surface area (Å²) in [4.78, 5) is 28.9. The Morgan fingerprint density at radius 1 is 1.08 bits per heavy atom. The number of aromatic nitrogens is 1. The number of piperidine rings is 1. The van der Waals surface area contributed by atoms with E-state index in [2.05, 4.69) is 4.90 Å². The van der Waals surface area contributed by atoms with Gasteiger partial charge in [0.25, 0.3) is 0 Å². The molecule has 0 aromatic carbocycles. The van der Waals surface area contributed by atoms with Crippen LogP contribution in [0, 0.1) is 11.3 Å². The number of carbonyl (C=O) groups is 1. The second-order valence-corrected chi connectivity index (χ2v) is 8.35. The summed E-state index contributed by atoms with van der Waals surface area (Å²) in [5, 5.41) is 0. The molecule has 0 radical (unpaired) electrons. The minimum absolute atomic E-state index is 0.0391. The van der Waals surface area contributed by atoms with E-state index in [0.29, 0.717) is 0 Å². The monoisotopic (exact) mass is 343 g/mol. The van der Waals surface area contributed by atoms with Crippen LogP contribution in [0.4, 0.5) is 5.69 Å². The lowest BCUT2D eigenvalue weighted by Gasteiger charge is -2.53. The zero-order valence-corrected chi connectivity index (χ0v) is 15.2. The topological polar surface area (TPSA) is 45.5 Å². The molecule has 2 aliphatic heterocycles. The molecular weight excluding hydrogens is 314 g/mol. The van der Waals surface area contributed by atoms with E-state index in [-0.39, 0.29) is 16.9 Å². The number of rotatable bonds is 3. The fraction of sp³-hybridized carbons (Fsp3) is 0.700. The van der Waals surface area contributed by atoms with Crippen LogP contribution in [-0.2, 0) is 11.8 Å². The summed E-state index contributed by atoms with van der Waals surface area (Å²) in [5.41, 5.74) is 0.631. The summed E-state index contributed by atoms with van der Waals surface area (Å²) in [7, 11) is 1.73. The molecule has 1 amide bonds. The van der Waals surface area contributed by atoms with E-state index in [0.717, 1.165) is 44.1 Å². The van der Waals surface area contributed by atoms with Gasteiger partial charge in [-0.05, 0) is 44.2 Å². The molecule has 1 aromatic heterocycles. The number of carbonyl (C=O) groups excluding carboxylic acids is 1. The third-order valence-corrected chi connectivity index (χ3v) is 6.44. The highest BCUT2D eigenvalue weighted by Crippen LogP contribution is 2.42. The highest BCUT2D eigenvalue weighted by atomic mass is 16.2. The Labute approximate surface area is 149 Å². The van der Waals surface area contributed by atoms with Crippen molar-refractivity contribution in [2.45, 2.75) is 44.9 Å². The minimum Gasteiger partial charge on any atom is -0.317 e. The first-order valence-corrected chi connectivity index (χ1v) is 9.78. The van der Waals surface area contributed by atoms with Gasteiger partial charge >= 0.3 is 0 Å². The average Bonchev–Trinajstić information content (AvgIpc) is 2.63. The second kappa shape index (κ2) is 6.60. The number of β-lactam (4-membered cyclic amide) rings is 1. The van der Waals surface area contributed by atoms with Gasteiger partial charge in [0.15, 0.2) is 0 Å². The van der Waals surface area contributed by atoms with E-state index >= 15 is 0 Å². The number of hydrogen-bond donors (Lipinski definition) is 0. The number of amides is 1. The molecule has 1 unspecified atom stereocenters. The van der Waals surface area contributed by atoms with Gasteiger partial charge in [-0.1, -0.05) is 19.3 Å². The van der Waals surface area contributed by atoms with Crippen molar-refractivity contribution in [2.75, 3.05) is 31.1 Å².